The van der Waals surface area contributed by atoms with E-state index >= 15 is 0 Å². The van der Waals surface area contributed by atoms with Crippen LogP contribution in [-0.2, 0) is 17.6 Å². The molecule has 3 nitrogen and oxygen atoms in total. The van der Waals surface area contributed by atoms with E-state index in [2.05, 4.69) is 58.3 Å². The summed E-state index contributed by atoms with van der Waals surface area (Å²) >= 11 is 0. The summed E-state index contributed by atoms with van der Waals surface area (Å²) in [6, 6.07) is 19.8. The predicted octanol–water partition coefficient (Wildman–Crippen LogP) is 4.69. The molecule has 0 spiro atoms. The van der Waals surface area contributed by atoms with Crippen LogP contribution in [0.1, 0.15) is 55.2 Å². The Labute approximate surface area is 175 Å². The van der Waals surface area contributed by atoms with Crippen LogP contribution in [0.25, 0.3) is 0 Å². The first kappa shape index (κ1) is 20.2. The number of hydrogen-bond acceptors (Lipinski definition) is 2. The summed E-state index contributed by atoms with van der Waals surface area (Å²) in [7, 11) is 0. The van der Waals surface area contributed by atoms with Crippen LogP contribution < -0.4 is 0 Å². The molecule has 3 heteroatoms. The van der Waals surface area contributed by atoms with Crippen molar-refractivity contribution < 1.29 is 4.79 Å². The fraction of sp³-hybridized carbons (Fsp3) is 0.500. The highest BCUT2D eigenvalue weighted by Crippen LogP contribution is 2.23. The van der Waals surface area contributed by atoms with Crippen LogP contribution in [0.3, 0.4) is 0 Å². The van der Waals surface area contributed by atoms with Crippen molar-refractivity contribution in [3.63, 3.8) is 0 Å². The smallest absolute Gasteiger partial charge is 0.227 e. The molecule has 0 unspecified atom stereocenters. The molecule has 1 amide bonds. The molecular formula is C26H34N2O. The number of carbonyl (C=O) groups excluding carboxylic acids is 1. The summed E-state index contributed by atoms with van der Waals surface area (Å²) in [5.41, 5.74) is 3.72. The van der Waals surface area contributed by atoms with Gasteiger partial charge >= 0.3 is 0 Å². The topological polar surface area (TPSA) is 23.6 Å². The number of nitrogens with zero attached hydrogens (tertiary/aromatic N) is 2. The molecule has 154 valence electrons. The van der Waals surface area contributed by atoms with Crippen molar-refractivity contribution in [3.8, 4) is 0 Å². The van der Waals surface area contributed by atoms with E-state index in [-0.39, 0.29) is 5.91 Å². The fourth-order valence-electron chi connectivity index (χ4n) is 4.93. The third kappa shape index (κ3) is 5.70. The van der Waals surface area contributed by atoms with Crippen LogP contribution in [-0.4, -0.2) is 47.9 Å². The summed E-state index contributed by atoms with van der Waals surface area (Å²) < 4.78 is 0. The summed E-state index contributed by atoms with van der Waals surface area (Å²) in [6.07, 6.45) is 9.70. The Balaban J connectivity index is 1.29. The standard InChI is InChI=1S/C26H34N2O/c29-26(28-17-15-27(16-18-28)25-13-6-1-2-7-14-25)21-24-12-8-11-23(20-24)19-22-9-4-3-5-10-22/h3-5,8-12,20,25H,1-2,6-7,13-19,21H2. The van der Waals surface area contributed by atoms with Crippen molar-refractivity contribution in [1.82, 2.24) is 9.80 Å². The highest BCUT2D eigenvalue weighted by atomic mass is 16.2. The van der Waals surface area contributed by atoms with Gasteiger partial charge in [-0.15, -0.1) is 0 Å². The molecule has 1 aliphatic carbocycles. The number of rotatable bonds is 5. The average Bonchev–Trinajstić information content (AvgIpc) is 3.04. The summed E-state index contributed by atoms with van der Waals surface area (Å²) in [4.78, 5) is 17.6. The van der Waals surface area contributed by atoms with Crippen LogP contribution >= 0.6 is 0 Å². The maximum absolute atomic E-state index is 12.9. The molecule has 29 heavy (non-hydrogen) atoms. The second-order valence-corrected chi connectivity index (χ2v) is 8.72. The van der Waals surface area contributed by atoms with Gasteiger partial charge in [-0.1, -0.05) is 80.3 Å². The lowest BCUT2D eigenvalue weighted by Crippen LogP contribution is -2.52. The Kier molecular flexibility index (Phi) is 7.00. The molecule has 2 fully saturated rings. The van der Waals surface area contributed by atoms with Gasteiger partial charge in [-0.05, 0) is 36.0 Å². The van der Waals surface area contributed by atoms with E-state index in [1.165, 1.54) is 49.7 Å². The molecule has 2 aromatic carbocycles. The normalized spacial score (nSPS) is 19.1. The van der Waals surface area contributed by atoms with Crippen LogP contribution in [0.15, 0.2) is 54.6 Å². The van der Waals surface area contributed by atoms with E-state index < -0.39 is 0 Å². The minimum Gasteiger partial charge on any atom is -0.340 e. The molecule has 1 heterocycles. The van der Waals surface area contributed by atoms with Gasteiger partial charge < -0.3 is 4.90 Å². The summed E-state index contributed by atoms with van der Waals surface area (Å²) in [5, 5.41) is 0. The Morgan fingerprint density at radius 3 is 2.14 bits per heavy atom. The molecule has 0 N–H and O–H groups in total. The maximum atomic E-state index is 12.9. The third-order valence-corrected chi connectivity index (χ3v) is 6.61. The van der Waals surface area contributed by atoms with E-state index in [0.717, 1.165) is 44.2 Å². The third-order valence-electron chi connectivity index (χ3n) is 6.61. The fourth-order valence-corrected chi connectivity index (χ4v) is 4.93. The van der Waals surface area contributed by atoms with Gasteiger partial charge in [-0.2, -0.15) is 0 Å². The molecule has 0 atom stereocenters. The van der Waals surface area contributed by atoms with Crippen molar-refractivity contribution in [2.24, 2.45) is 0 Å². The molecular weight excluding hydrogens is 356 g/mol. The van der Waals surface area contributed by atoms with Crippen LogP contribution in [0.4, 0.5) is 0 Å². The lowest BCUT2D eigenvalue weighted by molar-refractivity contribution is -0.132. The average molecular weight is 391 g/mol. The molecule has 1 saturated heterocycles. The van der Waals surface area contributed by atoms with E-state index in [1.54, 1.807) is 0 Å². The van der Waals surface area contributed by atoms with Crippen molar-refractivity contribution in [3.05, 3.63) is 71.3 Å². The molecule has 1 aliphatic heterocycles. The molecule has 1 saturated carbocycles. The zero-order valence-corrected chi connectivity index (χ0v) is 17.6. The second-order valence-electron chi connectivity index (χ2n) is 8.72. The Hall–Kier alpha value is -2.13. The minimum absolute atomic E-state index is 0.280. The van der Waals surface area contributed by atoms with E-state index in [9.17, 15) is 4.79 Å². The van der Waals surface area contributed by atoms with Gasteiger partial charge in [0.25, 0.3) is 0 Å². The number of carbonyl (C=O) groups is 1. The molecule has 0 radical (unpaired) electrons. The number of benzene rings is 2. The van der Waals surface area contributed by atoms with Crippen LogP contribution in [0.5, 0.6) is 0 Å². The van der Waals surface area contributed by atoms with Gasteiger partial charge in [0.15, 0.2) is 0 Å². The molecule has 0 aromatic heterocycles. The van der Waals surface area contributed by atoms with Crippen molar-refractivity contribution >= 4 is 5.91 Å². The van der Waals surface area contributed by atoms with Gasteiger partial charge in [0.1, 0.15) is 0 Å². The first-order chi connectivity index (χ1) is 14.3. The van der Waals surface area contributed by atoms with Crippen molar-refractivity contribution in [2.75, 3.05) is 26.2 Å². The number of amides is 1. The lowest BCUT2D eigenvalue weighted by atomic mass is 10.0. The van der Waals surface area contributed by atoms with Crippen molar-refractivity contribution in [2.45, 2.75) is 57.4 Å². The van der Waals surface area contributed by atoms with Gasteiger partial charge in [0.05, 0.1) is 6.42 Å². The molecule has 2 aromatic rings. The monoisotopic (exact) mass is 390 g/mol. The number of piperazine rings is 1. The summed E-state index contributed by atoms with van der Waals surface area (Å²) in [5.74, 6) is 0.280. The highest BCUT2D eigenvalue weighted by Gasteiger charge is 2.26. The Morgan fingerprint density at radius 1 is 0.759 bits per heavy atom. The van der Waals surface area contributed by atoms with Gasteiger partial charge in [0.2, 0.25) is 5.91 Å². The second kappa shape index (κ2) is 10.1. The molecule has 2 aliphatic rings. The highest BCUT2D eigenvalue weighted by molar-refractivity contribution is 5.79. The van der Waals surface area contributed by atoms with E-state index in [0.29, 0.717) is 6.42 Å². The maximum Gasteiger partial charge on any atom is 0.227 e. The van der Waals surface area contributed by atoms with E-state index in [4.69, 9.17) is 0 Å². The zero-order chi connectivity index (χ0) is 19.9. The number of hydrogen-bond donors (Lipinski definition) is 0. The van der Waals surface area contributed by atoms with Gasteiger partial charge in [-0.25, -0.2) is 0 Å². The minimum atomic E-state index is 0.280. The first-order valence-electron chi connectivity index (χ1n) is 11.4. The summed E-state index contributed by atoms with van der Waals surface area (Å²) in [6.45, 7) is 3.87. The lowest BCUT2D eigenvalue weighted by Gasteiger charge is -2.39. The quantitative estimate of drug-likeness (QED) is 0.692. The Morgan fingerprint density at radius 2 is 1.41 bits per heavy atom. The van der Waals surface area contributed by atoms with Crippen LogP contribution in [0.2, 0.25) is 0 Å². The predicted molar refractivity (Wildman–Crippen MR) is 119 cm³/mol. The van der Waals surface area contributed by atoms with Crippen LogP contribution in [0, 0.1) is 0 Å². The van der Waals surface area contributed by atoms with Gasteiger partial charge in [-0.3, -0.25) is 9.69 Å². The SMILES string of the molecule is O=C(Cc1cccc(Cc2ccccc2)c1)N1CCN(C2CCCCCC2)CC1. The molecule has 0 bridgehead atoms. The van der Waals surface area contributed by atoms with Crippen molar-refractivity contribution in [1.29, 1.82) is 0 Å². The van der Waals surface area contributed by atoms with Gasteiger partial charge in [0, 0.05) is 32.2 Å². The van der Waals surface area contributed by atoms with E-state index in [1.807, 2.05) is 6.07 Å². The Bertz CT molecular complexity index is 772. The zero-order valence-electron chi connectivity index (χ0n) is 17.6. The largest absolute Gasteiger partial charge is 0.340 e. The molecule has 4 rings (SSSR count). The first-order valence-corrected chi connectivity index (χ1v) is 11.4.